The molecular formula is C14H23N3O2S. The molecule has 5 nitrogen and oxygen atoms in total. The van der Waals surface area contributed by atoms with Crippen molar-refractivity contribution in [3.8, 4) is 0 Å². The number of rotatable bonds is 4. The smallest absolute Gasteiger partial charge is 0.243 e. The van der Waals surface area contributed by atoms with Crippen molar-refractivity contribution in [2.45, 2.75) is 30.7 Å². The van der Waals surface area contributed by atoms with Crippen LogP contribution in [0.5, 0.6) is 0 Å². The number of anilines is 1. The molecule has 1 unspecified atom stereocenters. The highest BCUT2D eigenvalue weighted by atomic mass is 32.2. The van der Waals surface area contributed by atoms with E-state index in [-0.39, 0.29) is 6.04 Å². The minimum Gasteiger partial charge on any atom is -0.399 e. The van der Waals surface area contributed by atoms with E-state index in [0.29, 0.717) is 22.7 Å². The van der Waals surface area contributed by atoms with Gasteiger partial charge in [0.05, 0.1) is 4.90 Å². The molecule has 0 aliphatic carbocycles. The summed E-state index contributed by atoms with van der Waals surface area (Å²) in [6.07, 6.45) is 1.84. The lowest BCUT2D eigenvalue weighted by atomic mass is 10.2. The Labute approximate surface area is 121 Å². The van der Waals surface area contributed by atoms with Gasteiger partial charge < -0.3 is 10.6 Å². The largest absolute Gasteiger partial charge is 0.399 e. The summed E-state index contributed by atoms with van der Waals surface area (Å²) in [4.78, 5) is 2.41. The molecule has 0 bridgehead atoms. The quantitative estimate of drug-likeness (QED) is 0.851. The van der Waals surface area contributed by atoms with Crippen molar-refractivity contribution < 1.29 is 8.42 Å². The molecule has 0 aromatic heterocycles. The van der Waals surface area contributed by atoms with Crippen LogP contribution < -0.4 is 5.73 Å². The number of nitrogen functional groups attached to an aromatic ring is 1. The molecule has 6 heteroatoms. The van der Waals surface area contributed by atoms with Crippen LogP contribution in [-0.4, -0.2) is 50.8 Å². The topological polar surface area (TPSA) is 66.6 Å². The van der Waals surface area contributed by atoms with E-state index in [1.54, 1.807) is 29.4 Å². The number of hydrogen-bond donors (Lipinski definition) is 1. The van der Waals surface area contributed by atoms with Crippen LogP contribution in [0.2, 0.25) is 0 Å². The van der Waals surface area contributed by atoms with Crippen LogP contribution in [0.1, 0.15) is 18.4 Å². The van der Waals surface area contributed by atoms with Crippen molar-refractivity contribution in [3.05, 3.63) is 23.8 Å². The maximum Gasteiger partial charge on any atom is 0.243 e. The van der Waals surface area contributed by atoms with E-state index in [4.69, 9.17) is 5.73 Å². The zero-order valence-corrected chi connectivity index (χ0v) is 13.2. The molecule has 1 heterocycles. The van der Waals surface area contributed by atoms with E-state index in [2.05, 4.69) is 0 Å². The summed E-state index contributed by atoms with van der Waals surface area (Å²) in [5.41, 5.74) is 7.00. The van der Waals surface area contributed by atoms with Gasteiger partial charge in [0.25, 0.3) is 0 Å². The molecule has 0 saturated carbocycles. The van der Waals surface area contributed by atoms with Gasteiger partial charge in [-0.15, -0.1) is 0 Å². The van der Waals surface area contributed by atoms with E-state index in [9.17, 15) is 8.42 Å². The average molecular weight is 297 g/mol. The molecule has 1 saturated heterocycles. The fourth-order valence-corrected chi connectivity index (χ4v) is 4.71. The fraction of sp³-hybridized carbons (Fsp3) is 0.571. The van der Waals surface area contributed by atoms with Crippen molar-refractivity contribution in [1.82, 2.24) is 9.21 Å². The molecule has 1 aliphatic rings. The van der Waals surface area contributed by atoms with E-state index in [1.165, 1.54) is 0 Å². The van der Waals surface area contributed by atoms with E-state index in [1.807, 2.05) is 19.0 Å². The normalized spacial score (nSPS) is 20.7. The lowest BCUT2D eigenvalue weighted by molar-refractivity contribution is 0.291. The Bertz CT molecular complexity index is 584. The van der Waals surface area contributed by atoms with Gasteiger partial charge in [0.1, 0.15) is 0 Å². The number of nitrogens with two attached hydrogens (primary N) is 1. The van der Waals surface area contributed by atoms with Gasteiger partial charge in [0, 0.05) is 24.8 Å². The monoisotopic (exact) mass is 297 g/mol. The molecule has 2 N–H and O–H groups in total. The summed E-state index contributed by atoms with van der Waals surface area (Å²) in [5.74, 6) is 0. The van der Waals surface area contributed by atoms with Crippen molar-refractivity contribution in [3.63, 3.8) is 0 Å². The number of benzene rings is 1. The molecule has 1 aromatic carbocycles. The van der Waals surface area contributed by atoms with Gasteiger partial charge in [0.15, 0.2) is 0 Å². The van der Waals surface area contributed by atoms with Crippen LogP contribution in [0.25, 0.3) is 0 Å². The highest BCUT2D eigenvalue weighted by molar-refractivity contribution is 7.89. The first-order valence-electron chi connectivity index (χ1n) is 6.85. The molecule has 2 rings (SSSR count). The summed E-state index contributed by atoms with van der Waals surface area (Å²) in [6, 6.07) is 5.04. The Hall–Kier alpha value is -1.11. The number of nitrogens with zero attached hydrogens (tertiary/aromatic N) is 2. The van der Waals surface area contributed by atoms with E-state index < -0.39 is 10.0 Å². The molecule has 1 aromatic rings. The van der Waals surface area contributed by atoms with Gasteiger partial charge in [-0.3, -0.25) is 0 Å². The maximum atomic E-state index is 12.8. The Morgan fingerprint density at radius 2 is 2.10 bits per heavy atom. The first kappa shape index (κ1) is 15.3. The molecule has 0 radical (unpaired) electrons. The molecule has 1 atom stereocenters. The zero-order valence-electron chi connectivity index (χ0n) is 12.3. The first-order chi connectivity index (χ1) is 9.32. The Balaban J connectivity index is 2.34. The molecular weight excluding hydrogens is 274 g/mol. The van der Waals surface area contributed by atoms with Crippen LogP contribution in [0.4, 0.5) is 5.69 Å². The molecule has 0 spiro atoms. The second-order valence-electron chi connectivity index (χ2n) is 5.70. The summed E-state index contributed by atoms with van der Waals surface area (Å²) >= 11 is 0. The third-order valence-electron chi connectivity index (χ3n) is 3.68. The van der Waals surface area contributed by atoms with Crippen LogP contribution >= 0.6 is 0 Å². The minimum atomic E-state index is -3.43. The molecule has 1 fully saturated rings. The predicted octanol–water partition coefficient (Wildman–Crippen LogP) is 1.29. The average Bonchev–Trinajstić information content (AvgIpc) is 2.76. The van der Waals surface area contributed by atoms with Crippen LogP contribution in [-0.2, 0) is 10.0 Å². The van der Waals surface area contributed by atoms with Gasteiger partial charge in [-0.05, 0) is 57.6 Å². The molecule has 112 valence electrons. The number of hydrogen-bond acceptors (Lipinski definition) is 4. The van der Waals surface area contributed by atoms with Crippen molar-refractivity contribution in [2.75, 3.05) is 32.9 Å². The highest BCUT2D eigenvalue weighted by Gasteiger charge is 2.36. The van der Waals surface area contributed by atoms with E-state index in [0.717, 1.165) is 19.4 Å². The highest BCUT2D eigenvalue weighted by Crippen LogP contribution is 2.28. The number of sulfonamides is 1. The molecule has 20 heavy (non-hydrogen) atoms. The second kappa shape index (κ2) is 5.71. The number of likely N-dealkylation sites (N-methyl/N-ethyl adjacent to an activating group) is 1. The fourth-order valence-electron chi connectivity index (χ4n) is 2.82. The molecule has 1 aliphatic heterocycles. The Morgan fingerprint density at radius 1 is 1.40 bits per heavy atom. The van der Waals surface area contributed by atoms with E-state index >= 15 is 0 Å². The predicted molar refractivity (Wildman–Crippen MR) is 81.1 cm³/mol. The summed E-state index contributed by atoms with van der Waals surface area (Å²) in [7, 11) is 0.510. The summed E-state index contributed by atoms with van der Waals surface area (Å²) in [5, 5.41) is 0. The lowest BCUT2D eigenvalue weighted by Gasteiger charge is -2.27. The van der Waals surface area contributed by atoms with Crippen molar-refractivity contribution >= 4 is 15.7 Å². The van der Waals surface area contributed by atoms with Crippen LogP contribution in [0.15, 0.2) is 23.1 Å². The molecule has 0 amide bonds. The number of aryl methyl sites for hydroxylation is 1. The van der Waals surface area contributed by atoms with Gasteiger partial charge in [0.2, 0.25) is 10.0 Å². The van der Waals surface area contributed by atoms with Crippen molar-refractivity contribution in [1.29, 1.82) is 0 Å². The summed E-state index contributed by atoms with van der Waals surface area (Å²) in [6.45, 7) is 3.15. The third kappa shape index (κ3) is 2.97. The summed E-state index contributed by atoms with van der Waals surface area (Å²) < 4.78 is 27.3. The minimum absolute atomic E-state index is 0.0620. The standard InChI is InChI=1S/C14H23N3O2S/c1-11-9-12(15)6-7-14(11)20(18,19)17-8-4-5-13(17)10-16(2)3/h6-7,9,13H,4-5,8,10,15H2,1-3H3. The Kier molecular flexibility index (Phi) is 4.36. The van der Waals surface area contributed by atoms with Crippen LogP contribution in [0, 0.1) is 6.92 Å². The Morgan fingerprint density at radius 3 is 2.70 bits per heavy atom. The SMILES string of the molecule is Cc1cc(N)ccc1S(=O)(=O)N1CCCC1CN(C)C. The van der Waals surface area contributed by atoms with Gasteiger partial charge in [-0.25, -0.2) is 8.42 Å². The lowest BCUT2D eigenvalue weighted by Crippen LogP contribution is -2.41. The first-order valence-corrected chi connectivity index (χ1v) is 8.29. The van der Waals surface area contributed by atoms with Gasteiger partial charge in [-0.1, -0.05) is 0 Å². The van der Waals surface area contributed by atoms with Crippen molar-refractivity contribution in [2.24, 2.45) is 0 Å². The third-order valence-corrected chi connectivity index (χ3v) is 5.80. The zero-order chi connectivity index (χ0) is 14.9. The van der Waals surface area contributed by atoms with Crippen LogP contribution in [0.3, 0.4) is 0 Å². The second-order valence-corrected chi connectivity index (χ2v) is 7.56. The van der Waals surface area contributed by atoms with Gasteiger partial charge in [-0.2, -0.15) is 4.31 Å². The maximum absolute atomic E-state index is 12.8. The van der Waals surface area contributed by atoms with Gasteiger partial charge >= 0.3 is 0 Å².